The van der Waals surface area contributed by atoms with E-state index in [1.807, 2.05) is 0 Å². The Morgan fingerprint density at radius 2 is 2.10 bits per heavy atom. The van der Waals surface area contributed by atoms with E-state index in [2.05, 4.69) is 10.3 Å². The molecule has 0 radical (unpaired) electrons. The molecule has 1 aliphatic carbocycles. The summed E-state index contributed by atoms with van der Waals surface area (Å²) in [5.74, 6) is 0.203. The number of hydrogen-bond acceptors (Lipinski definition) is 4. The molecular weight excluding hydrogens is 260 g/mol. The first-order valence-electron chi connectivity index (χ1n) is 6.89. The summed E-state index contributed by atoms with van der Waals surface area (Å²) in [6.45, 7) is 2.04. The maximum atomic E-state index is 12.0. The van der Waals surface area contributed by atoms with Crippen LogP contribution in [0.3, 0.4) is 0 Å². The molecular formula is C14H20N2O4. The average molecular weight is 280 g/mol. The van der Waals surface area contributed by atoms with Gasteiger partial charge in [0.15, 0.2) is 0 Å². The van der Waals surface area contributed by atoms with Crippen LogP contribution in [0.15, 0.2) is 10.6 Å². The summed E-state index contributed by atoms with van der Waals surface area (Å²) < 4.78 is 5.27. The van der Waals surface area contributed by atoms with Gasteiger partial charge in [0.1, 0.15) is 5.76 Å². The number of carboxylic acid groups (broad SMARTS) is 1. The fourth-order valence-electron chi connectivity index (χ4n) is 2.92. The second-order valence-electron chi connectivity index (χ2n) is 5.60. The molecule has 2 rings (SSSR count). The van der Waals surface area contributed by atoms with Crippen molar-refractivity contribution in [1.82, 2.24) is 10.3 Å². The molecule has 0 spiro atoms. The number of carbonyl (C=O) groups excluding carboxylic acids is 1. The fraction of sp³-hybridized carbons (Fsp3) is 0.643. The Bertz CT molecular complexity index is 489. The summed E-state index contributed by atoms with van der Waals surface area (Å²) in [4.78, 5) is 27.0. The predicted octanol–water partition coefficient (Wildman–Crippen LogP) is 2.02. The van der Waals surface area contributed by atoms with E-state index in [1.165, 1.54) is 0 Å². The van der Waals surface area contributed by atoms with Gasteiger partial charge in [0.05, 0.1) is 19.2 Å². The summed E-state index contributed by atoms with van der Waals surface area (Å²) in [5, 5.41) is 11.8. The lowest BCUT2D eigenvalue weighted by Crippen LogP contribution is -2.31. The molecule has 1 aliphatic rings. The smallest absolute Gasteiger partial charge is 0.303 e. The number of rotatable bonds is 6. The van der Waals surface area contributed by atoms with Crippen molar-refractivity contribution >= 4 is 11.9 Å². The number of oxazole rings is 1. The minimum atomic E-state index is -0.831. The number of carboxylic acids is 1. The fourth-order valence-corrected chi connectivity index (χ4v) is 2.92. The van der Waals surface area contributed by atoms with E-state index >= 15 is 0 Å². The maximum absolute atomic E-state index is 12.0. The van der Waals surface area contributed by atoms with Crippen LogP contribution in [0.2, 0.25) is 0 Å². The molecule has 1 aromatic rings. The van der Waals surface area contributed by atoms with E-state index < -0.39 is 5.97 Å². The molecule has 2 N–H and O–H groups in total. The average Bonchev–Trinajstić information content (AvgIpc) is 2.95. The van der Waals surface area contributed by atoms with Crippen LogP contribution in [0.4, 0.5) is 0 Å². The van der Waals surface area contributed by atoms with Crippen LogP contribution in [-0.4, -0.2) is 22.0 Å². The zero-order chi connectivity index (χ0) is 14.6. The SMILES string of the molecule is Cc1cnc(CNC(=O)CC2(CC(=O)O)CCCC2)o1. The highest BCUT2D eigenvalue weighted by Crippen LogP contribution is 2.43. The van der Waals surface area contributed by atoms with Crippen LogP contribution < -0.4 is 5.32 Å². The molecule has 1 fully saturated rings. The number of amides is 1. The van der Waals surface area contributed by atoms with Gasteiger partial charge in [-0.1, -0.05) is 12.8 Å². The van der Waals surface area contributed by atoms with E-state index in [0.29, 0.717) is 11.7 Å². The van der Waals surface area contributed by atoms with Gasteiger partial charge in [0.2, 0.25) is 11.8 Å². The summed E-state index contributed by atoms with van der Waals surface area (Å²) in [6.07, 6.45) is 5.55. The normalized spacial score (nSPS) is 17.1. The van der Waals surface area contributed by atoms with Crippen molar-refractivity contribution in [2.45, 2.75) is 52.0 Å². The summed E-state index contributed by atoms with van der Waals surface area (Å²) >= 11 is 0. The number of aliphatic carboxylic acids is 1. The van der Waals surface area contributed by atoms with Gasteiger partial charge in [0.25, 0.3) is 0 Å². The standard InChI is InChI=1S/C14H20N2O4/c1-10-8-16-12(20-10)9-15-11(17)6-14(7-13(18)19)4-2-3-5-14/h8H,2-7,9H2,1H3,(H,15,17)(H,18,19). The van der Waals surface area contributed by atoms with Crippen molar-refractivity contribution in [3.05, 3.63) is 17.8 Å². The predicted molar refractivity (Wildman–Crippen MR) is 70.9 cm³/mol. The van der Waals surface area contributed by atoms with Crippen LogP contribution >= 0.6 is 0 Å². The van der Waals surface area contributed by atoms with Crippen molar-refractivity contribution in [3.63, 3.8) is 0 Å². The minimum Gasteiger partial charge on any atom is -0.481 e. The Kier molecular flexibility index (Phi) is 4.42. The number of aryl methyl sites for hydroxylation is 1. The number of hydrogen-bond donors (Lipinski definition) is 2. The molecule has 6 heteroatoms. The summed E-state index contributed by atoms with van der Waals surface area (Å²) in [5.41, 5.74) is -0.373. The monoisotopic (exact) mass is 280 g/mol. The largest absolute Gasteiger partial charge is 0.481 e. The van der Waals surface area contributed by atoms with Gasteiger partial charge in [-0.05, 0) is 25.2 Å². The molecule has 0 atom stereocenters. The van der Waals surface area contributed by atoms with Crippen molar-refractivity contribution < 1.29 is 19.1 Å². The highest BCUT2D eigenvalue weighted by molar-refractivity contribution is 5.78. The quantitative estimate of drug-likeness (QED) is 0.831. The van der Waals surface area contributed by atoms with Gasteiger partial charge in [-0.3, -0.25) is 9.59 Å². The van der Waals surface area contributed by atoms with Crippen LogP contribution in [-0.2, 0) is 16.1 Å². The molecule has 0 aliphatic heterocycles. The molecule has 0 aromatic carbocycles. The number of nitrogens with zero attached hydrogens (tertiary/aromatic N) is 1. The Labute approximate surface area is 117 Å². The molecule has 1 aromatic heterocycles. The van der Waals surface area contributed by atoms with Crippen molar-refractivity contribution in [2.24, 2.45) is 5.41 Å². The van der Waals surface area contributed by atoms with Crippen LogP contribution in [0.5, 0.6) is 0 Å². The van der Waals surface area contributed by atoms with Crippen molar-refractivity contribution in [3.8, 4) is 0 Å². The molecule has 6 nitrogen and oxygen atoms in total. The van der Waals surface area contributed by atoms with Gasteiger partial charge in [-0.15, -0.1) is 0 Å². The maximum Gasteiger partial charge on any atom is 0.303 e. The lowest BCUT2D eigenvalue weighted by atomic mass is 9.79. The van der Waals surface area contributed by atoms with Crippen molar-refractivity contribution in [1.29, 1.82) is 0 Å². The van der Waals surface area contributed by atoms with Gasteiger partial charge < -0.3 is 14.8 Å². The minimum absolute atomic E-state index is 0.0680. The zero-order valence-corrected chi connectivity index (χ0v) is 11.6. The molecule has 1 amide bonds. The Morgan fingerprint density at radius 1 is 1.40 bits per heavy atom. The van der Waals surface area contributed by atoms with Gasteiger partial charge in [-0.25, -0.2) is 4.98 Å². The molecule has 0 saturated heterocycles. The van der Waals surface area contributed by atoms with E-state index in [-0.39, 0.29) is 30.7 Å². The molecule has 110 valence electrons. The Morgan fingerprint density at radius 3 is 2.65 bits per heavy atom. The second kappa shape index (κ2) is 6.07. The number of nitrogens with one attached hydrogen (secondary N) is 1. The molecule has 1 saturated carbocycles. The number of aromatic nitrogens is 1. The third-order valence-electron chi connectivity index (χ3n) is 3.83. The first-order valence-corrected chi connectivity index (χ1v) is 6.89. The van der Waals surface area contributed by atoms with Gasteiger partial charge >= 0.3 is 5.97 Å². The zero-order valence-electron chi connectivity index (χ0n) is 11.6. The third-order valence-corrected chi connectivity index (χ3v) is 3.83. The van der Waals surface area contributed by atoms with Gasteiger partial charge in [0, 0.05) is 6.42 Å². The van der Waals surface area contributed by atoms with Crippen molar-refractivity contribution in [2.75, 3.05) is 0 Å². The lowest BCUT2D eigenvalue weighted by Gasteiger charge is -2.26. The van der Waals surface area contributed by atoms with Crippen LogP contribution in [0.1, 0.15) is 50.2 Å². The van der Waals surface area contributed by atoms with E-state index in [4.69, 9.17) is 9.52 Å². The molecule has 1 heterocycles. The van der Waals surface area contributed by atoms with Crippen LogP contribution in [0, 0.1) is 12.3 Å². The Hall–Kier alpha value is -1.85. The highest BCUT2D eigenvalue weighted by Gasteiger charge is 2.37. The summed E-state index contributed by atoms with van der Waals surface area (Å²) in [6, 6.07) is 0. The third kappa shape index (κ3) is 3.82. The molecule has 0 bridgehead atoms. The highest BCUT2D eigenvalue weighted by atomic mass is 16.4. The summed E-state index contributed by atoms with van der Waals surface area (Å²) in [7, 11) is 0. The van der Waals surface area contributed by atoms with E-state index in [1.54, 1.807) is 13.1 Å². The first-order chi connectivity index (χ1) is 9.49. The van der Waals surface area contributed by atoms with E-state index in [9.17, 15) is 9.59 Å². The van der Waals surface area contributed by atoms with Crippen LogP contribution in [0.25, 0.3) is 0 Å². The Balaban J connectivity index is 1.87. The first kappa shape index (κ1) is 14.6. The lowest BCUT2D eigenvalue weighted by molar-refractivity contribution is -0.140. The molecule has 20 heavy (non-hydrogen) atoms. The molecule has 0 unspecified atom stereocenters. The van der Waals surface area contributed by atoms with E-state index in [0.717, 1.165) is 25.7 Å². The van der Waals surface area contributed by atoms with Gasteiger partial charge in [-0.2, -0.15) is 0 Å². The number of carbonyl (C=O) groups is 2. The second-order valence-corrected chi connectivity index (χ2v) is 5.60. The topological polar surface area (TPSA) is 92.4 Å².